The number of hydrogen-bond donors (Lipinski definition) is 2. The van der Waals surface area contributed by atoms with Crippen molar-refractivity contribution < 1.29 is 28.5 Å². The predicted molar refractivity (Wildman–Crippen MR) is 200 cm³/mol. The number of nitrogens with one attached hydrogen (secondary N) is 2. The molecule has 0 bridgehead atoms. The van der Waals surface area contributed by atoms with Crippen LogP contribution in [0.1, 0.15) is 72.7 Å². The smallest absolute Gasteiger partial charge is 0.412 e. The minimum Gasteiger partial charge on any atom is -0.493 e. The summed E-state index contributed by atoms with van der Waals surface area (Å²) >= 11 is 3.52. The fourth-order valence-corrected chi connectivity index (χ4v) is 4.96. The molecule has 1 aromatic heterocycles. The lowest BCUT2D eigenvalue weighted by Crippen LogP contribution is -2.27. The van der Waals surface area contributed by atoms with Crippen LogP contribution in [0.15, 0.2) is 65.3 Å². The highest BCUT2D eigenvalue weighted by molar-refractivity contribution is 9.10. The molecule has 0 atom stereocenters. The number of nitrogens with zero attached hydrogens (tertiary/aromatic N) is 3. The van der Waals surface area contributed by atoms with E-state index in [0.717, 1.165) is 4.47 Å². The zero-order valence-corrected chi connectivity index (χ0v) is 31.9. The van der Waals surface area contributed by atoms with Crippen molar-refractivity contribution in [1.29, 1.82) is 0 Å². The van der Waals surface area contributed by atoms with Crippen LogP contribution >= 0.6 is 15.9 Å². The Labute approximate surface area is 303 Å². The van der Waals surface area contributed by atoms with Crippen molar-refractivity contribution in [3.63, 3.8) is 0 Å². The normalized spacial score (nSPS) is 11.5. The van der Waals surface area contributed by atoms with Gasteiger partial charge in [0.1, 0.15) is 28.5 Å². The summed E-state index contributed by atoms with van der Waals surface area (Å²) < 4.78 is 25.8. The molecule has 0 aliphatic rings. The summed E-state index contributed by atoms with van der Waals surface area (Å²) in [7, 11) is 0. The van der Waals surface area contributed by atoms with Crippen molar-refractivity contribution in [1.82, 2.24) is 15.0 Å². The lowest BCUT2D eigenvalue weighted by molar-refractivity contribution is 0.0635. The van der Waals surface area contributed by atoms with Crippen molar-refractivity contribution in [3.05, 3.63) is 70.8 Å². The summed E-state index contributed by atoms with van der Waals surface area (Å²) in [5.41, 5.74) is 2.54. The van der Waals surface area contributed by atoms with Gasteiger partial charge in [-0.2, -0.15) is 0 Å². The Bertz CT molecular complexity index is 1780. The largest absolute Gasteiger partial charge is 0.493 e. The van der Waals surface area contributed by atoms with Crippen LogP contribution in [0, 0.1) is 17.8 Å². The molecular weight excluding hydrogens is 702 g/mol. The maximum absolute atomic E-state index is 13.6. The summed E-state index contributed by atoms with van der Waals surface area (Å²) in [6.07, 6.45) is 1.16. The van der Waals surface area contributed by atoms with E-state index in [1.807, 2.05) is 24.3 Å². The number of carbonyl (C=O) groups excluding carboxylic acids is 2. The zero-order valence-electron chi connectivity index (χ0n) is 30.3. The molecule has 2 N–H and O–H groups in total. The first-order valence-electron chi connectivity index (χ1n) is 16.8. The van der Waals surface area contributed by atoms with Gasteiger partial charge in [0, 0.05) is 45.2 Å². The lowest BCUT2D eigenvalue weighted by Gasteiger charge is -2.20. The number of ether oxygens (including phenoxy) is 4. The minimum atomic E-state index is -0.659. The highest BCUT2D eigenvalue weighted by Crippen LogP contribution is 2.30. The number of aromatic nitrogens is 3. The second-order valence-corrected chi connectivity index (χ2v) is 15.3. The van der Waals surface area contributed by atoms with Crippen LogP contribution in [0.3, 0.4) is 0 Å². The minimum absolute atomic E-state index is 0.272. The van der Waals surface area contributed by atoms with E-state index in [4.69, 9.17) is 18.9 Å². The number of benzene rings is 3. The standard InChI is InChI=1S/C38H48BrN5O6/c1-23(2)20-47-32-12-26(10-29(16-32)41-37(46)50-38(7,8)9)35-19-44(43-42-35)31-11-27(13-33(18-31)48-21-24(3)4)36(45)40-30-14-28(39)15-34(17-30)49-22-25(5)6/h10-19,23-25H,20-22H2,1-9H3,(H,40,45)(H,41,46). The van der Waals surface area contributed by atoms with Crippen molar-refractivity contribution in [2.45, 2.75) is 67.9 Å². The molecule has 50 heavy (non-hydrogen) atoms. The van der Waals surface area contributed by atoms with E-state index in [1.54, 1.807) is 62.0 Å². The van der Waals surface area contributed by atoms with E-state index in [0.29, 0.717) is 82.8 Å². The van der Waals surface area contributed by atoms with E-state index >= 15 is 0 Å². The third-order valence-corrected chi connectivity index (χ3v) is 7.10. The molecule has 11 nitrogen and oxygen atoms in total. The molecule has 0 unspecified atom stereocenters. The Morgan fingerprint density at radius 1 is 0.740 bits per heavy atom. The Hall–Kier alpha value is -4.58. The van der Waals surface area contributed by atoms with E-state index < -0.39 is 11.7 Å². The van der Waals surface area contributed by atoms with Gasteiger partial charge in [-0.25, -0.2) is 9.48 Å². The van der Waals surface area contributed by atoms with Crippen LogP contribution in [0.2, 0.25) is 0 Å². The monoisotopic (exact) mass is 749 g/mol. The van der Waals surface area contributed by atoms with E-state index in [-0.39, 0.29) is 11.8 Å². The van der Waals surface area contributed by atoms with Gasteiger partial charge in [-0.3, -0.25) is 10.1 Å². The van der Waals surface area contributed by atoms with E-state index in [1.165, 1.54) is 0 Å². The van der Waals surface area contributed by atoms with Crippen molar-refractivity contribution in [3.8, 4) is 34.2 Å². The van der Waals surface area contributed by atoms with Crippen molar-refractivity contribution >= 4 is 39.3 Å². The van der Waals surface area contributed by atoms with Gasteiger partial charge >= 0.3 is 6.09 Å². The average molecular weight is 751 g/mol. The molecule has 4 aromatic rings. The van der Waals surface area contributed by atoms with Crippen LogP contribution in [0.4, 0.5) is 16.2 Å². The maximum Gasteiger partial charge on any atom is 0.412 e. The van der Waals surface area contributed by atoms with Crippen LogP contribution < -0.4 is 24.8 Å². The molecule has 3 aromatic carbocycles. The Morgan fingerprint density at radius 2 is 1.30 bits per heavy atom. The average Bonchev–Trinajstić information content (AvgIpc) is 3.51. The van der Waals surface area contributed by atoms with Crippen LogP contribution in [0.25, 0.3) is 16.9 Å². The van der Waals surface area contributed by atoms with Crippen molar-refractivity contribution in [2.24, 2.45) is 17.8 Å². The maximum atomic E-state index is 13.6. The molecule has 12 heteroatoms. The Balaban J connectivity index is 1.66. The molecule has 1 heterocycles. The summed E-state index contributed by atoms with van der Waals surface area (Å²) in [6.45, 7) is 19.3. The highest BCUT2D eigenvalue weighted by atomic mass is 79.9. The lowest BCUT2D eigenvalue weighted by atomic mass is 10.1. The second kappa shape index (κ2) is 16.9. The second-order valence-electron chi connectivity index (χ2n) is 14.4. The number of amides is 2. The zero-order chi connectivity index (χ0) is 36.6. The molecule has 0 aliphatic heterocycles. The molecular formula is C38H48BrN5O6. The van der Waals surface area contributed by atoms with Gasteiger partial charge < -0.3 is 24.3 Å². The third-order valence-electron chi connectivity index (χ3n) is 6.64. The summed E-state index contributed by atoms with van der Waals surface area (Å²) in [6, 6.07) is 16.1. The fraction of sp³-hybridized carbons (Fsp3) is 0.421. The van der Waals surface area contributed by atoms with Gasteiger partial charge in [-0.15, -0.1) is 5.10 Å². The molecule has 2 amide bonds. The van der Waals surface area contributed by atoms with Gasteiger partial charge in [-0.05, 0) is 74.9 Å². The number of anilines is 2. The Morgan fingerprint density at radius 3 is 1.88 bits per heavy atom. The first kappa shape index (κ1) is 38.2. The summed E-state index contributed by atoms with van der Waals surface area (Å²) in [5, 5.41) is 14.6. The quantitative estimate of drug-likeness (QED) is 0.131. The number of hydrogen-bond acceptors (Lipinski definition) is 8. The molecule has 0 saturated carbocycles. The number of rotatable bonds is 14. The predicted octanol–water partition coefficient (Wildman–Crippen LogP) is 9.40. The molecule has 0 spiro atoms. The van der Waals surface area contributed by atoms with Crippen LogP contribution in [0.5, 0.6) is 17.2 Å². The van der Waals surface area contributed by atoms with Gasteiger partial charge in [0.25, 0.3) is 5.91 Å². The molecule has 0 aliphatic carbocycles. The van der Waals surface area contributed by atoms with E-state index in [2.05, 4.69) is 78.4 Å². The van der Waals surface area contributed by atoms with Crippen LogP contribution in [-0.2, 0) is 4.74 Å². The molecule has 268 valence electrons. The fourth-order valence-electron chi connectivity index (χ4n) is 4.49. The number of halogens is 1. The van der Waals surface area contributed by atoms with Gasteiger partial charge in [0.15, 0.2) is 0 Å². The van der Waals surface area contributed by atoms with E-state index in [9.17, 15) is 9.59 Å². The SMILES string of the molecule is CC(C)COc1cc(Br)cc(NC(=O)c2cc(OCC(C)C)cc(-n3cc(-c4cc(NC(=O)OC(C)(C)C)cc(OCC(C)C)c4)nn3)c2)c1. The van der Waals surface area contributed by atoms with Gasteiger partial charge in [0.05, 0.1) is 31.7 Å². The molecule has 0 saturated heterocycles. The number of carbonyl (C=O) groups is 2. The molecule has 4 rings (SSSR count). The molecule has 0 radical (unpaired) electrons. The van der Waals surface area contributed by atoms with Gasteiger partial charge in [0.2, 0.25) is 0 Å². The highest BCUT2D eigenvalue weighted by Gasteiger charge is 2.19. The molecule has 0 fully saturated rings. The topological polar surface area (TPSA) is 126 Å². The first-order valence-corrected chi connectivity index (χ1v) is 17.6. The van der Waals surface area contributed by atoms with Gasteiger partial charge in [-0.1, -0.05) is 62.7 Å². The first-order chi connectivity index (χ1) is 23.5. The van der Waals surface area contributed by atoms with Crippen molar-refractivity contribution in [2.75, 3.05) is 30.5 Å². The Kier molecular flexibility index (Phi) is 12.9. The summed E-state index contributed by atoms with van der Waals surface area (Å²) in [5.74, 6) is 2.32. The summed E-state index contributed by atoms with van der Waals surface area (Å²) in [4.78, 5) is 26.2. The third kappa shape index (κ3) is 12.1. The van der Waals surface area contributed by atoms with Crippen LogP contribution in [-0.4, -0.2) is 52.4 Å².